The van der Waals surface area contributed by atoms with Crippen LogP contribution in [0.1, 0.15) is 24.2 Å². The Labute approximate surface area is 132 Å². The third-order valence-electron chi connectivity index (χ3n) is 4.25. The summed E-state index contributed by atoms with van der Waals surface area (Å²) in [6.45, 7) is 5.00. The van der Waals surface area contributed by atoms with Gasteiger partial charge in [0.2, 0.25) is 0 Å². The highest BCUT2D eigenvalue weighted by atomic mass is 15.2. The van der Waals surface area contributed by atoms with Gasteiger partial charge in [-0.2, -0.15) is 0 Å². The summed E-state index contributed by atoms with van der Waals surface area (Å²) >= 11 is 0. The van der Waals surface area contributed by atoms with E-state index in [4.69, 9.17) is 0 Å². The zero-order valence-electron chi connectivity index (χ0n) is 13.3. The summed E-state index contributed by atoms with van der Waals surface area (Å²) in [6, 6.07) is 6.77. The maximum absolute atomic E-state index is 4.66. The molecule has 0 unspecified atom stereocenters. The number of nitrogens with zero attached hydrogens (tertiary/aromatic N) is 5. The van der Waals surface area contributed by atoms with Gasteiger partial charge in [-0.25, -0.2) is 4.98 Å². The van der Waals surface area contributed by atoms with E-state index in [-0.39, 0.29) is 0 Å². The summed E-state index contributed by atoms with van der Waals surface area (Å²) in [7, 11) is 2.17. The standard InChI is InChI=1S/C17H23N5/c1-14-5-3-7-17(20-14)22-10-4-6-16(13-22)21(2)12-15-11-18-8-9-19-15/h3,5,7-9,11,16H,4,6,10,12-13H2,1-2H3/t16-/m1/s1. The van der Waals surface area contributed by atoms with Crippen molar-refractivity contribution in [2.24, 2.45) is 0 Å². The quantitative estimate of drug-likeness (QED) is 0.866. The van der Waals surface area contributed by atoms with Crippen LogP contribution in [0.5, 0.6) is 0 Å². The van der Waals surface area contributed by atoms with Crippen LogP contribution in [0.25, 0.3) is 0 Å². The van der Waals surface area contributed by atoms with Gasteiger partial charge in [-0.1, -0.05) is 6.07 Å². The molecule has 0 spiro atoms. The van der Waals surface area contributed by atoms with Gasteiger partial charge in [0.1, 0.15) is 5.82 Å². The minimum Gasteiger partial charge on any atom is -0.355 e. The second kappa shape index (κ2) is 6.83. The van der Waals surface area contributed by atoms with E-state index in [1.54, 1.807) is 12.4 Å². The molecule has 5 nitrogen and oxygen atoms in total. The highest BCUT2D eigenvalue weighted by Gasteiger charge is 2.24. The minimum absolute atomic E-state index is 0.526. The van der Waals surface area contributed by atoms with Crippen molar-refractivity contribution in [3.8, 4) is 0 Å². The van der Waals surface area contributed by atoms with E-state index in [9.17, 15) is 0 Å². The number of anilines is 1. The lowest BCUT2D eigenvalue weighted by Gasteiger charge is -2.38. The van der Waals surface area contributed by atoms with Crippen LogP contribution in [0.4, 0.5) is 5.82 Å². The summed E-state index contributed by atoms with van der Waals surface area (Å²) in [5.41, 5.74) is 2.10. The summed E-state index contributed by atoms with van der Waals surface area (Å²) in [4.78, 5) is 18.0. The Morgan fingerprint density at radius 2 is 2.23 bits per heavy atom. The summed E-state index contributed by atoms with van der Waals surface area (Å²) in [5.74, 6) is 1.10. The van der Waals surface area contributed by atoms with Gasteiger partial charge in [0.25, 0.3) is 0 Å². The third kappa shape index (κ3) is 3.60. The number of hydrogen-bond acceptors (Lipinski definition) is 5. The smallest absolute Gasteiger partial charge is 0.128 e. The molecule has 0 aromatic carbocycles. The zero-order chi connectivity index (χ0) is 15.4. The van der Waals surface area contributed by atoms with Crippen LogP contribution < -0.4 is 4.90 Å². The third-order valence-corrected chi connectivity index (χ3v) is 4.25. The van der Waals surface area contributed by atoms with Gasteiger partial charge in [0, 0.05) is 50.0 Å². The van der Waals surface area contributed by atoms with Gasteiger partial charge in [-0.15, -0.1) is 0 Å². The SMILES string of the molecule is Cc1cccc(N2CCC[C@@H](N(C)Cc3cnccn3)C2)n1. The lowest BCUT2D eigenvalue weighted by molar-refractivity contribution is 0.205. The first-order chi connectivity index (χ1) is 10.7. The lowest BCUT2D eigenvalue weighted by Crippen LogP contribution is -2.46. The maximum Gasteiger partial charge on any atom is 0.128 e. The number of aromatic nitrogens is 3. The van der Waals surface area contributed by atoms with E-state index in [1.807, 2.05) is 19.2 Å². The lowest BCUT2D eigenvalue weighted by atomic mass is 10.0. The van der Waals surface area contributed by atoms with Crippen LogP contribution in [0.15, 0.2) is 36.8 Å². The van der Waals surface area contributed by atoms with E-state index in [2.05, 4.69) is 43.9 Å². The van der Waals surface area contributed by atoms with Crippen molar-refractivity contribution in [3.05, 3.63) is 48.2 Å². The fraction of sp³-hybridized carbons (Fsp3) is 0.471. The van der Waals surface area contributed by atoms with Crippen LogP contribution in [-0.2, 0) is 6.54 Å². The van der Waals surface area contributed by atoms with Crippen molar-refractivity contribution < 1.29 is 0 Å². The highest BCUT2D eigenvalue weighted by Crippen LogP contribution is 2.21. The second-order valence-corrected chi connectivity index (χ2v) is 5.99. The molecule has 1 aliphatic rings. The molecule has 2 aromatic heterocycles. The molecule has 22 heavy (non-hydrogen) atoms. The van der Waals surface area contributed by atoms with Gasteiger partial charge >= 0.3 is 0 Å². The average molecular weight is 297 g/mol. The normalized spacial score (nSPS) is 18.7. The fourth-order valence-electron chi connectivity index (χ4n) is 3.02. The van der Waals surface area contributed by atoms with Crippen LogP contribution in [0, 0.1) is 6.92 Å². The fourth-order valence-corrected chi connectivity index (χ4v) is 3.02. The van der Waals surface area contributed by atoms with Crippen molar-refractivity contribution >= 4 is 5.82 Å². The molecule has 5 heteroatoms. The molecule has 3 rings (SSSR count). The molecule has 1 atom stereocenters. The molecule has 1 fully saturated rings. The van der Waals surface area contributed by atoms with Gasteiger partial charge in [-0.3, -0.25) is 14.9 Å². The van der Waals surface area contributed by atoms with E-state index < -0.39 is 0 Å². The number of likely N-dealkylation sites (N-methyl/N-ethyl adjacent to an activating group) is 1. The maximum atomic E-state index is 4.66. The first kappa shape index (κ1) is 14.9. The first-order valence-corrected chi connectivity index (χ1v) is 7.86. The summed E-state index contributed by atoms with van der Waals surface area (Å²) < 4.78 is 0. The zero-order valence-corrected chi connectivity index (χ0v) is 13.3. The van der Waals surface area contributed by atoms with E-state index in [0.717, 1.165) is 36.8 Å². The molecule has 0 N–H and O–H groups in total. The molecule has 0 amide bonds. The Hall–Kier alpha value is -2.01. The van der Waals surface area contributed by atoms with Gasteiger partial charge < -0.3 is 4.90 Å². The topological polar surface area (TPSA) is 45.2 Å². The van der Waals surface area contributed by atoms with Crippen LogP contribution in [0.2, 0.25) is 0 Å². The van der Waals surface area contributed by atoms with E-state index >= 15 is 0 Å². The largest absolute Gasteiger partial charge is 0.355 e. The molecule has 1 saturated heterocycles. The Balaban J connectivity index is 1.65. The van der Waals surface area contributed by atoms with Crippen LogP contribution >= 0.6 is 0 Å². The van der Waals surface area contributed by atoms with Crippen molar-refractivity contribution in [3.63, 3.8) is 0 Å². The molecule has 0 bridgehead atoms. The molecule has 0 aliphatic carbocycles. The number of hydrogen-bond donors (Lipinski definition) is 0. The van der Waals surface area contributed by atoms with Crippen LogP contribution in [0.3, 0.4) is 0 Å². The van der Waals surface area contributed by atoms with Crippen LogP contribution in [-0.4, -0.2) is 46.0 Å². The summed E-state index contributed by atoms with van der Waals surface area (Å²) in [5, 5.41) is 0. The number of aryl methyl sites for hydroxylation is 1. The Morgan fingerprint density at radius 3 is 3.00 bits per heavy atom. The number of piperidine rings is 1. The van der Waals surface area contributed by atoms with E-state index in [1.165, 1.54) is 12.8 Å². The molecule has 116 valence electrons. The van der Waals surface area contributed by atoms with Crippen molar-refractivity contribution in [1.82, 2.24) is 19.9 Å². The Morgan fingerprint density at radius 1 is 1.32 bits per heavy atom. The van der Waals surface area contributed by atoms with Gasteiger partial charge in [0.15, 0.2) is 0 Å². The van der Waals surface area contributed by atoms with Crippen molar-refractivity contribution in [2.75, 3.05) is 25.0 Å². The number of rotatable bonds is 4. The van der Waals surface area contributed by atoms with Gasteiger partial charge in [-0.05, 0) is 38.9 Å². The molecule has 0 radical (unpaired) electrons. The van der Waals surface area contributed by atoms with Gasteiger partial charge in [0.05, 0.1) is 5.69 Å². The van der Waals surface area contributed by atoms with Crippen molar-refractivity contribution in [2.45, 2.75) is 32.4 Å². The Bertz CT molecular complexity index is 601. The average Bonchev–Trinajstić information content (AvgIpc) is 2.56. The summed E-state index contributed by atoms with van der Waals surface area (Å²) in [6.07, 6.45) is 7.74. The molecule has 3 heterocycles. The molecule has 2 aromatic rings. The molecular formula is C17H23N5. The Kier molecular flexibility index (Phi) is 4.63. The monoisotopic (exact) mass is 297 g/mol. The second-order valence-electron chi connectivity index (χ2n) is 5.99. The predicted molar refractivity (Wildman–Crippen MR) is 87.7 cm³/mol. The van der Waals surface area contributed by atoms with Crippen molar-refractivity contribution in [1.29, 1.82) is 0 Å². The predicted octanol–water partition coefficient (Wildman–Crippen LogP) is 2.28. The molecule has 1 aliphatic heterocycles. The highest BCUT2D eigenvalue weighted by molar-refractivity contribution is 5.40. The number of pyridine rings is 1. The van der Waals surface area contributed by atoms with E-state index in [0.29, 0.717) is 6.04 Å². The first-order valence-electron chi connectivity index (χ1n) is 7.86. The molecular weight excluding hydrogens is 274 g/mol. The minimum atomic E-state index is 0.526. The molecule has 0 saturated carbocycles.